The van der Waals surface area contributed by atoms with Crippen molar-refractivity contribution in [2.45, 2.75) is 13.8 Å². The second-order valence-electron chi connectivity index (χ2n) is 5.16. The zero-order valence-electron chi connectivity index (χ0n) is 13.7. The van der Waals surface area contributed by atoms with Crippen LogP contribution in [0.15, 0.2) is 47.1 Å². The third kappa shape index (κ3) is 3.77. The summed E-state index contributed by atoms with van der Waals surface area (Å²) in [4.78, 5) is 28.8. The number of nitrogens with zero attached hydrogens (tertiary/aromatic N) is 1. The van der Waals surface area contributed by atoms with E-state index in [1.54, 1.807) is 38.1 Å². The Bertz CT molecular complexity index is 882. The second kappa shape index (κ2) is 7.31. The molecule has 6 nitrogen and oxygen atoms in total. The Morgan fingerprint density at radius 1 is 1.24 bits per heavy atom. The highest BCUT2D eigenvalue weighted by Gasteiger charge is 2.17. The van der Waals surface area contributed by atoms with Gasteiger partial charge in [-0.1, -0.05) is 0 Å². The number of nitrogens with one attached hydrogen (secondary N) is 1. The van der Waals surface area contributed by atoms with Crippen LogP contribution in [0.4, 0.5) is 5.69 Å². The minimum Gasteiger partial charge on any atom is -0.462 e. The van der Waals surface area contributed by atoms with Crippen molar-refractivity contribution in [1.29, 1.82) is 0 Å². The number of rotatable bonds is 5. The van der Waals surface area contributed by atoms with Crippen LogP contribution >= 0.6 is 11.3 Å². The number of anilines is 1. The number of esters is 1. The van der Waals surface area contributed by atoms with Crippen LogP contribution in [-0.4, -0.2) is 23.5 Å². The van der Waals surface area contributed by atoms with E-state index in [9.17, 15) is 9.59 Å². The summed E-state index contributed by atoms with van der Waals surface area (Å²) in [7, 11) is 0. The monoisotopic (exact) mass is 356 g/mol. The summed E-state index contributed by atoms with van der Waals surface area (Å²) in [5, 5.41) is 3.48. The molecule has 7 heteroatoms. The van der Waals surface area contributed by atoms with Gasteiger partial charge in [-0.05, 0) is 50.2 Å². The van der Waals surface area contributed by atoms with E-state index in [2.05, 4.69) is 10.3 Å². The summed E-state index contributed by atoms with van der Waals surface area (Å²) in [6.07, 6.45) is 1.45. The van der Waals surface area contributed by atoms with Crippen molar-refractivity contribution >= 4 is 28.9 Å². The van der Waals surface area contributed by atoms with Crippen molar-refractivity contribution in [2.75, 3.05) is 11.9 Å². The van der Waals surface area contributed by atoms with E-state index in [1.165, 1.54) is 17.6 Å². The number of hydrogen-bond donors (Lipinski definition) is 1. The van der Waals surface area contributed by atoms with Crippen molar-refractivity contribution in [3.63, 3.8) is 0 Å². The van der Waals surface area contributed by atoms with Crippen molar-refractivity contribution in [3.8, 4) is 10.6 Å². The molecular weight excluding hydrogens is 340 g/mol. The number of furan rings is 1. The molecule has 1 aromatic carbocycles. The number of ether oxygens (including phenoxy) is 1. The van der Waals surface area contributed by atoms with Gasteiger partial charge in [0.2, 0.25) is 0 Å². The Hall–Kier alpha value is -2.93. The molecule has 25 heavy (non-hydrogen) atoms. The predicted molar refractivity (Wildman–Crippen MR) is 94.9 cm³/mol. The molecule has 0 aliphatic heterocycles. The standard InChI is InChI=1S/C18H16N2O4S/c1-3-23-18(22)15-11(2)19-17(25-15)12-6-8-13(9-7-12)20-16(21)14-5-4-10-24-14/h4-10H,3H2,1-2H3,(H,20,21). The van der Waals surface area contributed by atoms with E-state index >= 15 is 0 Å². The van der Waals surface area contributed by atoms with E-state index in [0.29, 0.717) is 22.9 Å². The largest absolute Gasteiger partial charge is 0.462 e. The highest BCUT2D eigenvalue weighted by Crippen LogP contribution is 2.29. The molecule has 0 saturated heterocycles. The molecule has 2 heterocycles. The fraction of sp³-hybridized carbons (Fsp3) is 0.167. The maximum absolute atomic E-state index is 11.9. The highest BCUT2D eigenvalue weighted by atomic mass is 32.1. The topological polar surface area (TPSA) is 81.4 Å². The number of carbonyl (C=O) groups excluding carboxylic acids is 2. The van der Waals surface area contributed by atoms with Crippen LogP contribution in [-0.2, 0) is 4.74 Å². The van der Waals surface area contributed by atoms with Gasteiger partial charge in [-0.2, -0.15) is 0 Å². The zero-order chi connectivity index (χ0) is 17.8. The average Bonchev–Trinajstić information content (AvgIpc) is 3.25. The van der Waals surface area contributed by atoms with E-state index in [-0.39, 0.29) is 17.6 Å². The quantitative estimate of drug-likeness (QED) is 0.695. The minimum absolute atomic E-state index is 0.249. The molecule has 0 unspecified atom stereocenters. The Labute approximate surface area is 148 Å². The fourth-order valence-corrected chi connectivity index (χ4v) is 3.17. The lowest BCUT2D eigenvalue weighted by atomic mass is 10.2. The summed E-state index contributed by atoms with van der Waals surface area (Å²) >= 11 is 1.29. The number of amides is 1. The molecule has 0 atom stereocenters. The van der Waals surface area contributed by atoms with Gasteiger partial charge in [0.1, 0.15) is 9.88 Å². The number of aryl methyl sites for hydroxylation is 1. The van der Waals surface area contributed by atoms with Gasteiger partial charge in [-0.25, -0.2) is 9.78 Å². The molecule has 1 amide bonds. The molecule has 128 valence electrons. The van der Waals surface area contributed by atoms with Gasteiger partial charge in [-0.3, -0.25) is 4.79 Å². The molecule has 0 saturated carbocycles. The van der Waals surface area contributed by atoms with Crippen molar-refractivity contribution in [3.05, 3.63) is 59.0 Å². The van der Waals surface area contributed by atoms with Gasteiger partial charge in [0, 0.05) is 11.3 Å². The van der Waals surface area contributed by atoms with Crippen LogP contribution in [0.25, 0.3) is 10.6 Å². The van der Waals surface area contributed by atoms with Crippen LogP contribution in [0.3, 0.4) is 0 Å². The average molecular weight is 356 g/mol. The van der Waals surface area contributed by atoms with Crippen molar-refractivity contribution in [1.82, 2.24) is 4.98 Å². The van der Waals surface area contributed by atoms with Crippen LogP contribution in [0.5, 0.6) is 0 Å². The van der Waals surface area contributed by atoms with Crippen molar-refractivity contribution < 1.29 is 18.7 Å². The molecule has 0 bridgehead atoms. The summed E-state index contributed by atoms with van der Waals surface area (Å²) in [5.74, 6) is -0.419. The first-order valence-electron chi connectivity index (χ1n) is 7.68. The Balaban J connectivity index is 1.75. The summed E-state index contributed by atoms with van der Waals surface area (Å²) < 4.78 is 10.1. The van der Waals surface area contributed by atoms with Gasteiger partial charge in [-0.15, -0.1) is 11.3 Å². The first-order valence-corrected chi connectivity index (χ1v) is 8.50. The second-order valence-corrected chi connectivity index (χ2v) is 6.16. The highest BCUT2D eigenvalue weighted by molar-refractivity contribution is 7.17. The maximum atomic E-state index is 11.9. The third-order valence-corrected chi connectivity index (χ3v) is 4.58. The molecule has 0 aliphatic rings. The van der Waals surface area contributed by atoms with Gasteiger partial charge in [0.05, 0.1) is 18.6 Å². The molecule has 2 aromatic heterocycles. The SMILES string of the molecule is CCOC(=O)c1sc(-c2ccc(NC(=O)c3ccco3)cc2)nc1C. The molecule has 3 aromatic rings. The Morgan fingerprint density at radius 3 is 2.64 bits per heavy atom. The van der Waals surface area contributed by atoms with Gasteiger partial charge in [0.15, 0.2) is 5.76 Å². The van der Waals surface area contributed by atoms with Crippen molar-refractivity contribution in [2.24, 2.45) is 0 Å². The van der Waals surface area contributed by atoms with Crippen LogP contribution in [0.1, 0.15) is 32.8 Å². The molecule has 3 rings (SSSR count). The minimum atomic E-state index is -0.355. The normalized spacial score (nSPS) is 10.5. The number of aromatic nitrogens is 1. The maximum Gasteiger partial charge on any atom is 0.350 e. The summed E-state index contributed by atoms with van der Waals surface area (Å²) in [6, 6.07) is 10.5. The summed E-state index contributed by atoms with van der Waals surface area (Å²) in [5.41, 5.74) is 2.15. The first-order chi connectivity index (χ1) is 12.1. The van der Waals surface area contributed by atoms with E-state index < -0.39 is 0 Å². The van der Waals surface area contributed by atoms with Gasteiger partial charge >= 0.3 is 5.97 Å². The zero-order valence-corrected chi connectivity index (χ0v) is 14.6. The number of thiazole rings is 1. The van der Waals surface area contributed by atoms with Gasteiger partial charge < -0.3 is 14.5 Å². The number of carbonyl (C=O) groups is 2. The van der Waals surface area contributed by atoms with Crippen LogP contribution in [0, 0.1) is 6.92 Å². The van der Waals surface area contributed by atoms with E-state index in [4.69, 9.17) is 9.15 Å². The lowest BCUT2D eigenvalue weighted by Crippen LogP contribution is -2.10. The molecule has 1 N–H and O–H groups in total. The first kappa shape index (κ1) is 16.9. The third-order valence-electron chi connectivity index (χ3n) is 3.39. The lowest BCUT2D eigenvalue weighted by Gasteiger charge is -2.04. The van der Waals surface area contributed by atoms with Crippen LogP contribution in [0.2, 0.25) is 0 Å². The van der Waals surface area contributed by atoms with Crippen LogP contribution < -0.4 is 5.32 Å². The molecule has 0 spiro atoms. The Morgan fingerprint density at radius 2 is 2.00 bits per heavy atom. The molecule has 0 radical (unpaired) electrons. The molecular formula is C18H16N2O4S. The Kier molecular flexibility index (Phi) is 4.95. The van der Waals surface area contributed by atoms with Gasteiger partial charge in [0.25, 0.3) is 5.91 Å². The smallest absolute Gasteiger partial charge is 0.350 e. The van der Waals surface area contributed by atoms with E-state index in [1.807, 2.05) is 12.1 Å². The molecule has 0 fully saturated rings. The number of hydrogen-bond acceptors (Lipinski definition) is 6. The summed E-state index contributed by atoms with van der Waals surface area (Å²) in [6.45, 7) is 3.88. The van der Waals surface area contributed by atoms with E-state index in [0.717, 1.165) is 10.6 Å². The number of benzene rings is 1. The predicted octanol–water partition coefficient (Wildman–Crippen LogP) is 4.14. The lowest BCUT2D eigenvalue weighted by molar-refractivity contribution is 0.0531. The molecule has 0 aliphatic carbocycles. The fourth-order valence-electron chi connectivity index (χ4n) is 2.20.